The largest absolute Gasteiger partial charge is 0.336 e. The smallest absolute Gasteiger partial charge is 0.245 e. The molecule has 21 heavy (non-hydrogen) atoms. The lowest BCUT2D eigenvalue weighted by atomic mass is 10.1. The predicted octanol–water partition coefficient (Wildman–Crippen LogP) is 3.21. The number of hydrogen-bond donors (Lipinski definition) is 0. The standard InChI is InChI=1S/C16H21N3OS/c1-11(2)15-17-6-8-19(15)12(3)16(20)18-7-4-14-13(10-18)5-9-21-14/h5-6,8-9,11-12H,4,7,10H2,1-3H3. The van der Waals surface area contributed by atoms with Crippen LogP contribution in [0.5, 0.6) is 0 Å². The summed E-state index contributed by atoms with van der Waals surface area (Å²) in [5, 5.41) is 2.12. The van der Waals surface area contributed by atoms with Gasteiger partial charge in [-0.3, -0.25) is 4.79 Å². The molecule has 0 spiro atoms. The highest BCUT2D eigenvalue weighted by molar-refractivity contribution is 7.10. The molecule has 0 bridgehead atoms. The summed E-state index contributed by atoms with van der Waals surface area (Å²) in [6, 6.07) is 1.95. The monoisotopic (exact) mass is 303 g/mol. The lowest BCUT2D eigenvalue weighted by Gasteiger charge is -2.30. The second-order valence-corrected chi connectivity index (χ2v) is 6.90. The van der Waals surface area contributed by atoms with Crippen LogP contribution in [0, 0.1) is 0 Å². The van der Waals surface area contributed by atoms with Gasteiger partial charge in [0.1, 0.15) is 11.9 Å². The Morgan fingerprint density at radius 2 is 2.19 bits per heavy atom. The van der Waals surface area contributed by atoms with Crippen molar-refractivity contribution in [3.05, 3.63) is 40.1 Å². The molecule has 1 aliphatic rings. The molecule has 0 saturated carbocycles. The van der Waals surface area contributed by atoms with E-state index in [-0.39, 0.29) is 11.9 Å². The van der Waals surface area contributed by atoms with E-state index in [1.807, 2.05) is 22.6 Å². The molecule has 1 unspecified atom stereocenters. The van der Waals surface area contributed by atoms with E-state index in [1.165, 1.54) is 10.4 Å². The van der Waals surface area contributed by atoms with Gasteiger partial charge in [0, 0.05) is 36.3 Å². The van der Waals surface area contributed by atoms with Crippen molar-refractivity contribution in [1.29, 1.82) is 0 Å². The van der Waals surface area contributed by atoms with Crippen molar-refractivity contribution in [2.24, 2.45) is 0 Å². The summed E-state index contributed by atoms with van der Waals surface area (Å²) in [7, 11) is 0. The summed E-state index contributed by atoms with van der Waals surface area (Å²) in [6.07, 6.45) is 4.68. The molecule has 4 nitrogen and oxygen atoms in total. The highest BCUT2D eigenvalue weighted by atomic mass is 32.1. The summed E-state index contributed by atoms with van der Waals surface area (Å²) in [4.78, 5) is 20.6. The van der Waals surface area contributed by atoms with Gasteiger partial charge < -0.3 is 9.47 Å². The molecular weight excluding hydrogens is 282 g/mol. The van der Waals surface area contributed by atoms with E-state index in [4.69, 9.17) is 0 Å². The van der Waals surface area contributed by atoms with Crippen LogP contribution >= 0.6 is 11.3 Å². The second-order valence-electron chi connectivity index (χ2n) is 5.90. The van der Waals surface area contributed by atoms with Gasteiger partial charge in [-0.15, -0.1) is 11.3 Å². The first-order chi connectivity index (χ1) is 10.1. The maximum Gasteiger partial charge on any atom is 0.245 e. The van der Waals surface area contributed by atoms with E-state index in [2.05, 4.69) is 30.3 Å². The van der Waals surface area contributed by atoms with Gasteiger partial charge >= 0.3 is 0 Å². The molecule has 1 amide bonds. The fraction of sp³-hybridized carbons (Fsp3) is 0.500. The molecular formula is C16H21N3OS. The minimum atomic E-state index is -0.190. The average molecular weight is 303 g/mol. The molecule has 3 heterocycles. The van der Waals surface area contributed by atoms with Crippen LogP contribution in [0.25, 0.3) is 0 Å². The maximum atomic E-state index is 12.8. The van der Waals surface area contributed by atoms with Crippen molar-refractivity contribution >= 4 is 17.2 Å². The van der Waals surface area contributed by atoms with Crippen molar-refractivity contribution in [3.63, 3.8) is 0 Å². The van der Waals surface area contributed by atoms with Gasteiger partial charge in [0.25, 0.3) is 0 Å². The Hall–Kier alpha value is -1.62. The van der Waals surface area contributed by atoms with Crippen LogP contribution in [0.3, 0.4) is 0 Å². The van der Waals surface area contributed by atoms with Crippen LogP contribution in [-0.2, 0) is 17.8 Å². The fourth-order valence-electron chi connectivity index (χ4n) is 2.92. The third-order valence-electron chi connectivity index (χ3n) is 4.11. The van der Waals surface area contributed by atoms with Crippen LogP contribution in [0.4, 0.5) is 0 Å². The van der Waals surface area contributed by atoms with Crippen LogP contribution in [0.2, 0.25) is 0 Å². The Kier molecular flexibility index (Phi) is 3.85. The number of aromatic nitrogens is 2. The van der Waals surface area contributed by atoms with E-state index in [9.17, 15) is 4.79 Å². The summed E-state index contributed by atoms with van der Waals surface area (Å²) >= 11 is 1.80. The zero-order valence-corrected chi connectivity index (χ0v) is 13.6. The molecule has 0 aromatic carbocycles. The molecule has 5 heteroatoms. The Labute approximate surface area is 129 Å². The zero-order chi connectivity index (χ0) is 15.0. The van der Waals surface area contributed by atoms with Crippen molar-refractivity contribution in [3.8, 4) is 0 Å². The molecule has 2 aromatic heterocycles. The SMILES string of the molecule is CC(C)c1nccn1C(C)C(=O)N1CCc2sccc2C1. The van der Waals surface area contributed by atoms with Gasteiger partial charge in [-0.25, -0.2) is 4.98 Å². The fourth-order valence-corrected chi connectivity index (χ4v) is 3.81. The van der Waals surface area contributed by atoms with Crippen LogP contribution in [0.1, 0.15) is 49.0 Å². The first-order valence-corrected chi connectivity index (χ1v) is 8.32. The zero-order valence-electron chi connectivity index (χ0n) is 12.7. The number of imidazole rings is 1. The quantitative estimate of drug-likeness (QED) is 0.873. The molecule has 0 fully saturated rings. The molecule has 0 radical (unpaired) electrons. The van der Waals surface area contributed by atoms with Crippen molar-refractivity contribution in [2.75, 3.05) is 6.54 Å². The first kappa shape index (κ1) is 14.3. The lowest BCUT2D eigenvalue weighted by molar-refractivity contribution is -0.135. The Balaban J connectivity index is 1.78. The normalized spacial score (nSPS) is 16.1. The van der Waals surface area contributed by atoms with Gasteiger partial charge in [0.2, 0.25) is 5.91 Å². The number of thiophene rings is 1. The Morgan fingerprint density at radius 1 is 1.38 bits per heavy atom. The van der Waals surface area contributed by atoms with Gasteiger partial charge in [-0.05, 0) is 30.4 Å². The molecule has 2 aromatic rings. The molecule has 0 N–H and O–H groups in total. The summed E-state index contributed by atoms with van der Waals surface area (Å²) < 4.78 is 2.01. The molecule has 1 atom stereocenters. The molecule has 0 aliphatic carbocycles. The Morgan fingerprint density at radius 3 is 2.95 bits per heavy atom. The van der Waals surface area contributed by atoms with Gasteiger partial charge in [-0.2, -0.15) is 0 Å². The van der Waals surface area contributed by atoms with E-state index in [0.717, 1.165) is 25.3 Å². The average Bonchev–Trinajstić information content (AvgIpc) is 3.13. The molecule has 112 valence electrons. The van der Waals surface area contributed by atoms with Gasteiger partial charge in [-0.1, -0.05) is 13.8 Å². The van der Waals surface area contributed by atoms with Crippen LogP contribution in [-0.4, -0.2) is 26.9 Å². The third-order valence-corrected chi connectivity index (χ3v) is 5.13. The minimum absolute atomic E-state index is 0.187. The Bertz CT molecular complexity index is 643. The van der Waals surface area contributed by atoms with Crippen molar-refractivity contribution in [2.45, 2.75) is 45.7 Å². The molecule has 1 aliphatic heterocycles. The summed E-state index contributed by atoms with van der Waals surface area (Å²) in [6.45, 7) is 7.75. The number of carbonyl (C=O) groups excluding carboxylic acids is 1. The van der Waals surface area contributed by atoms with Crippen LogP contribution in [0.15, 0.2) is 23.8 Å². The van der Waals surface area contributed by atoms with E-state index < -0.39 is 0 Å². The number of nitrogens with zero attached hydrogens (tertiary/aromatic N) is 3. The van der Waals surface area contributed by atoms with E-state index in [1.54, 1.807) is 17.5 Å². The molecule has 3 rings (SSSR count). The summed E-state index contributed by atoms with van der Waals surface area (Å²) in [5.41, 5.74) is 1.31. The minimum Gasteiger partial charge on any atom is -0.336 e. The highest BCUT2D eigenvalue weighted by Gasteiger charge is 2.27. The van der Waals surface area contributed by atoms with Gasteiger partial charge in [0.05, 0.1) is 0 Å². The van der Waals surface area contributed by atoms with Crippen molar-refractivity contribution < 1.29 is 4.79 Å². The maximum absolute atomic E-state index is 12.8. The molecule has 0 saturated heterocycles. The lowest BCUT2D eigenvalue weighted by Crippen LogP contribution is -2.39. The summed E-state index contributed by atoms with van der Waals surface area (Å²) in [5.74, 6) is 1.48. The first-order valence-electron chi connectivity index (χ1n) is 7.44. The van der Waals surface area contributed by atoms with E-state index in [0.29, 0.717) is 5.92 Å². The third kappa shape index (κ3) is 2.62. The van der Waals surface area contributed by atoms with E-state index >= 15 is 0 Å². The highest BCUT2D eigenvalue weighted by Crippen LogP contribution is 2.26. The predicted molar refractivity (Wildman–Crippen MR) is 84.5 cm³/mol. The van der Waals surface area contributed by atoms with Crippen molar-refractivity contribution in [1.82, 2.24) is 14.5 Å². The second kappa shape index (κ2) is 5.64. The number of amides is 1. The topological polar surface area (TPSA) is 38.1 Å². The number of fused-ring (bicyclic) bond motifs is 1. The number of rotatable bonds is 3. The van der Waals surface area contributed by atoms with Crippen LogP contribution < -0.4 is 0 Å². The van der Waals surface area contributed by atoms with Gasteiger partial charge in [0.15, 0.2) is 0 Å². The number of hydrogen-bond acceptors (Lipinski definition) is 3. The number of carbonyl (C=O) groups is 1.